The number of hydrogen-bond acceptors (Lipinski definition) is 2. The minimum atomic E-state index is 0.908. The fourth-order valence-electron chi connectivity index (χ4n) is 9.05. The maximum absolute atomic E-state index is 6.61. The topological polar surface area (TPSA) is 26.3 Å². The van der Waals surface area contributed by atoms with Crippen molar-refractivity contribution < 1.29 is 8.83 Å². The first-order valence-electron chi connectivity index (χ1n) is 18.5. The van der Waals surface area contributed by atoms with E-state index in [-0.39, 0.29) is 0 Å². The van der Waals surface area contributed by atoms with Gasteiger partial charge in [-0.3, -0.25) is 0 Å². The van der Waals surface area contributed by atoms with E-state index in [4.69, 9.17) is 8.83 Å². The summed E-state index contributed by atoms with van der Waals surface area (Å²) in [6.45, 7) is 0. The largest absolute Gasteiger partial charge is 0.463 e. The molecule has 12 aromatic rings. The molecule has 0 aliphatic heterocycles. The highest BCUT2D eigenvalue weighted by molar-refractivity contribution is 6.22. The fourth-order valence-corrected chi connectivity index (χ4v) is 9.05. The first-order chi connectivity index (χ1) is 26.8. The van der Waals surface area contributed by atoms with Gasteiger partial charge in [0.05, 0.1) is 12.5 Å². The average molecular weight is 687 g/mol. The lowest BCUT2D eigenvalue weighted by molar-refractivity contribution is 0.620. The van der Waals surface area contributed by atoms with Crippen LogP contribution in [0.4, 0.5) is 0 Å². The first kappa shape index (κ1) is 29.4. The monoisotopic (exact) mass is 686 g/mol. The lowest BCUT2D eigenvalue weighted by atomic mass is 9.85. The molecule has 0 radical (unpaired) electrons. The van der Waals surface area contributed by atoms with Crippen molar-refractivity contribution in [2.75, 3.05) is 0 Å². The lowest BCUT2D eigenvalue weighted by Crippen LogP contribution is -1.91. The Morgan fingerprint density at radius 3 is 1.35 bits per heavy atom. The highest BCUT2D eigenvalue weighted by Gasteiger charge is 2.22. The molecule has 0 amide bonds. The number of benzene rings is 10. The molecule has 0 saturated carbocycles. The predicted molar refractivity (Wildman–Crippen MR) is 227 cm³/mol. The second-order valence-electron chi connectivity index (χ2n) is 14.4. The summed E-state index contributed by atoms with van der Waals surface area (Å²) in [6.07, 6.45) is 3.91. The van der Waals surface area contributed by atoms with E-state index < -0.39 is 0 Å². The third-order valence-electron chi connectivity index (χ3n) is 11.6. The third-order valence-corrected chi connectivity index (χ3v) is 11.6. The van der Waals surface area contributed by atoms with Crippen molar-refractivity contribution in [3.05, 3.63) is 182 Å². The zero-order valence-electron chi connectivity index (χ0n) is 29.1. The van der Waals surface area contributed by atoms with Gasteiger partial charge in [0.2, 0.25) is 0 Å². The van der Waals surface area contributed by atoms with Gasteiger partial charge in [-0.25, -0.2) is 0 Å². The molecule has 0 aliphatic rings. The van der Waals surface area contributed by atoms with Crippen LogP contribution in [-0.2, 0) is 0 Å². The quantitative estimate of drug-likeness (QED) is 0.137. The van der Waals surface area contributed by atoms with Gasteiger partial charge in [0, 0.05) is 38.2 Å². The van der Waals surface area contributed by atoms with Crippen LogP contribution < -0.4 is 0 Å². The molecule has 0 aliphatic carbocycles. The Hall–Kier alpha value is -7.16. The van der Waals surface area contributed by atoms with Crippen LogP contribution in [0.1, 0.15) is 0 Å². The molecule has 0 saturated heterocycles. The molecular formula is C52H30O2. The van der Waals surface area contributed by atoms with E-state index in [0.29, 0.717) is 0 Å². The molecular weight excluding hydrogens is 657 g/mol. The van der Waals surface area contributed by atoms with Gasteiger partial charge in [0.1, 0.15) is 11.2 Å². The normalized spacial score (nSPS) is 12.1. The van der Waals surface area contributed by atoms with Crippen LogP contribution in [0.2, 0.25) is 0 Å². The van der Waals surface area contributed by atoms with Crippen LogP contribution in [0.15, 0.2) is 191 Å². The first-order valence-corrected chi connectivity index (χ1v) is 18.5. The van der Waals surface area contributed by atoms with Gasteiger partial charge in [0.25, 0.3) is 0 Å². The maximum atomic E-state index is 6.61. The summed E-state index contributed by atoms with van der Waals surface area (Å²) in [6, 6.07) is 61.5. The number of furan rings is 2. The molecule has 2 heterocycles. The zero-order chi connectivity index (χ0) is 35.3. The summed E-state index contributed by atoms with van der Waals surface area (Å²) >= 11 is 0. The average Bonchev–Trinajstić information content (AvgIpc) is 3.87. The van der Waals surface area contributed by atoms with Gasteiger partial charge in [-0.15, -0.1) is 0 Å². The smallest absolute Gasteiger partial charge is 0.142 e. The van der Waals surface area contributed by atoms with Gasteiger partial charge >= 0.3 is 0 Å². The van der Waals surface area contributed by atoms with E-state index in [1.165, 1.54) is 53.9 Å². The Bertz CT molecular complexity index is 3510. The summed E-state index contributed by atoms with van der Waals surface area (Å²) in [4.78, 5) is 0. The number of hydrogen-bond donors (Lipinski definition) is 0. The fraction of sp³-hybridized carbons (Fsp3) is 0. The second-order valence-corrected chi connectivity index (χ2v) is 14.4. The summed E-state index contributed by atoms with van der Waals surface area (Å²) in [5, 5.41) is 16.6. The molecule has 0 fully saturated rings. The highest BCUT2D eigenvalue weighted by atomic mass is 16.3. The van der Waals surface area contributed by atoms with Gasteiger partial charge in [-0.2, -0.15) is 0 Å². The summed E-state index contributed by atoms with van der Waals surface area (Å²) in [5.41, 5.74) is 8.56. The summed E-state index contributed by atoms with van der Waals surface area (Å²) in [7, 11) is 0. The van der Waals surface area contributed by atoms with Gasteiger partial charge < -0.3 is 8.83 Å². The van der Waals surface area contributed by atoms with E-state index in [2.05, 4.69) is 170 Å². The van der Waals surface area contributed by atoms with E-state index in [9.17, 15) is 0 Å². The van der Waals surface area contributed by atoms with Crippen LogP contribution >= 0.6 is 0 Å². The van der Waals surface area contributed by atoms with Gasteiger partial charge in [-0.05, 0) is 107 Å². The molecule has 2 aromatic heterocycles. The SMILES string of the molecule is c1ccc(-c2coc3c2ccc2c4ccccc4ccc23)c(-c2ccc3cc4ccccc4cc3c2-c2coc3c2ccc2c4ccccc4ccc23)c1. The van der Waals surface area contributed by atoms with Crippen molar-refractivity contribution in [2.24, 2.45) is 0 Å². The predicted octanol–water partition coefficient (Wildman–Crippen LogP) is 15.1. The maximum Gasteiger partial charge on any atom is 0.142 e. The Labute approximate surface area is 310 Å². The molecule has 0 unspecified atom stereocenters. The number of fused-ring (bicyclic) bond motifs is 12. The standard InChI is InChI=1S/C52H30O2/c1-2-12-34-28-47-35(27-33(34)11-1)19-20-42(50(47)49-30-54-52-44-22-18-32-10-4-6-14-37(32)41(44)24-26-46(49)52)38-15-7-8-16-39(38)48-29-53-51-43-21-17-31-9-3-5-13-36(31)40(43)23-25-45(48)51/h1-30H. The van der Waals surface area contributed by atoms with Crippen LogP contribution in [0.5, 0.6) is 0 Å². The molecule has 54 heavy (non-hydrogen) atoms. The van der Waals surface area contributed by atoms with Crippen LogP contribution in [0.3, 0.4) is 0 Å². The molecule has 0 N–H and O–H groups in total. The molecule has 0 spiro atoms. The van der Waals surface area contributed by atoms with Crippen molar-refractivity contribution in [3.8, 4) is 33.4 Å². The molecule has 10 aromatic carbocycles. The van der Waals surface area contributed by atoms with Crippen LogP contribution in [0, 0.1) is 0 Å². The Morgan fingerprint density at radius 2 is 0.704 bits per heavy atom. The highest BCUT2D eigenvalue weighted by Crippen LogP contribution is 2.48. The van der Waals surface area contributed by atoms with Gasteiger partial charge in [0.15, 0.2) is 0 Å². The van der Waals surface area contributed by atoms with Crippen molar-refractivity contribution >= 4 is 86.6 Å². The van der Waals surface area contributed by atoms with Gasteiger partial charge in [-0.1, -0.05) is 133 Å². The zero-order valence-corrected chi connectivity index (χ0v) is 29.1. The van der Waals surface area contributed by atoms with Crippen LogP contribution in [0.25, 0.3) is 120 Å². The van der Waals surface area contributed by atoms with E-state index >= 15 is 0 Å². The third kappa shape index (κ3) is 4.17. The minimum Gasteiger partial charge on any atom is -0.463 e. The minimum absolute atomic E-state index is 0.908. The molecule has 2 heteroatoms. The van der Waals surface area contributed by atoms with E-state index in [1.54, 1.807) is 0 Å². The Morgan fingerprint density at radius 1 is 0.241 bits per heavy atom. The molecule has 250 valence electrons. The Balaban J connectivity index is 1.13. The Kier molecular flexibility index (Phi) is 6.09. The summed E-state index contributed by atoms with van der Waals surface area (Å²) < 4.78 is 13.1. The van der Waals surface area contributed by atoms with Crippen molar-refractivity contribution in [1.82, 2.24) is 0 Å². The van der Waals surface area contributed by atoms with E-state index in [1.807, 2.05) is 12.5 Å². The molecule has 2 nitrogen and oxygen atoms in total. The molecule has 0 atom stereocenters. The number of rotatable bonds is 3. The lowest BCUT2D eigenvalue weighted by Gasteiger charge is -2.17. The van der Waals surface area contributed by atoms with Crippen molar-refractivity contribution in [1.29, 1.82) is 0 Å². The van der Waals surface area contributed by atoms with E-state index in [0.717, 1.165) is 66.1 Å². The summed E-state index contributed by atoms with van der Waals surface area (Å²) in [5.74, 6) is 0. The molecule has 12 rings (SSSR count). The van der Waals surface area contributed by atoms with Crippen molar-refractivity contribution in [2.45, 2.75) is 0 Å². The second kappa shape index (κ2) is 11.2. The molecule has 0 bridgehead atoms. The van der Waals surface area contributed by atoms with Crippen molar-refractivity contribution in [3.63, 3.8) is 0 Å². The van der Waals surface area contributed by atoms with Crippen LogP contribution in [-0.4, -0.2) is 0 Å².